The zero-order chi connectivity index (χ0) is 71.2. The van der Waals surface area contributed by atoms with Crippen molar-refractivity contribution < 1.29 is 0 Å². The Morgan fingerprint density at radius 3 is 0.917 bits per heavy atom. The second kappa shape index (κ2) is 25.6. The molecule has 12 aromatic carbocycles. The molecule has 0 aliphatic rings. The first-order valence-electron chi connectivity index (χ1n) is 36.1. The lowest BCUT2D eigenvalue weighted by Crippen LogP contribution is -1.92. The molecule has 22 aromatic rings. The van der Waals surface area contributed by atoms with Crippen LogP contribution >= 0.6 is 0 Å². The third kappa shape index (κ3) is 11.1. The molecule has 500 valence electrons. The van der Waals surface area contributed by atoms with Crippen LogP contribution in [0.3, 0.4) is 0 Å². The minimum absolute atomic E-state index is 0.915. The van der Waals surface area contributed by atoms with E-state index >= 15 is 0 Å². The molecular formula is C98H58N10. The van der Waals surface area contributed by atoms with E-state index in [-0.39, 0.29) is 0 Å². The molecule has 0 unspecified atom stereocenters. The number of rotatable bonds is 8. The largest absolute Gasteiger partial charge is 0.264 e. The zero-order valence-electron chi connectivity index (χ0n) is 58.0. The molecule has 0 saturated carbocycles. The van der Waals surface area contributed by atoms with Crippen LogP contribution in [0, 0.1) is 0 Å². The van der Waals surface area contributed by atoms with Crippen LogP contribution < -0.4 is 0 Å². The maximum Gasteiger partial charge on any atom is 0.0972 e. The van der Waals surface area contributed by atoms with E-state index < -0.39 is 0 Å². The summed E-state index contributed by atoms with van der Waals surface area (Å²) < 4.78 is 0. The van der Waals surface area contributed by atoms with Crippen LogP contribution in [-0.2, 0) is 0 Å². The maximum atomic E-state index is 5.18. The van der Waals surface area contributed by atoms with Crippen molar-refractivity contribution in [3.8, 4) is 89.8 Å². The lowest BCUT2D eigenvalue weighted by molar-refractivity contribution is 1.35. The number of fused-ring (bicyclic) bond motifs is 14. The van der Waals surface area contributed by atoms with Crippen molar-refractivity contribution in [3.63, 3.8) is 0 Å². The summed E-state index contributed by atoms with van der Waals surface area (Å²) in [6.45, 7) is 0. The van der Waals surface area contributed by atoms with Gasteiger partial charge in [0.2, 0.25) is 0 Å². The highest BCUT2D eigenvalue weighted by molar-refractivity contribution is 6.09. The van der Waals surface area contributed by atoms with Crippen molar-refractivity contribution in [2.75, 3.05) is 0 Å². The monoisotopic (exact) mass is 1370 g/mol. The Balaban J connectivity index is 0.000000138. The van der Waals surface area contributed by atoms with E-state index in [1.54, 1.807) is 0 Å². The van der Waals surface area contributed by atoms with E-state index in [0.717, 1.165) is 220 Å². The lowest BCUT2D eigenvalue weighted by atomic mass is 9.95. The molecule has 10 aromatic heterocycles. The summed E-state index contributed by atoms with van der Waals surface area (Å²) in [6.07, 6.45) is 11.2. The molecule has 10 heteroatoms. The van der Waals surface area contributed by atoms with Gasteiger partial charge < -0.3 is 0 Å². The zero-order valence-corrected chi connectivity index (χ0v) is 58.0. The minimum atomic E-state index is 0.915. The Hall–Kier alpha value is -14.7. The summed E-state index contributed by atoms with van der Waals surface area (Å²) in [6, 6.07) is 111. The second-order valence-electron chi connectivity index (χ2n) is 27.5. The predicted molar refractivity (Wildman–Crippen MR) is 444 cm³/mol. The van der Waals surface area contributed by atoms with E-state index in [4.69, 9.17) is 29.9 Å². The summed E-state index contributed by atoms with van der Waals surface area (Å²) >= 11 is 0. The molecule has 0 aliphatic heterocycles. The Morgan fingerprint density at radius 2 is 0.481 bits per heavy atom. The van der Waals surface area contributed by atoms with E-state index in [2.05, 4.69) is 311 Å². The van der Waals surface area contributed by atoms with Crippen LogP contribution in [0.4, 0.5) is 0 Å². The van der Waals surface area contributed by atoms with Gasteiger partial charge in [-0.25, -0.2) is 29.9 Å². The summed E-state index contributed by atoms with van der Waals surface area (Å²) in [5, 5.41) is 17.9. The van der Waals surface area contributed by atoms with Crippen molar-refractivity contribution in [2.45, 2.75) is 0 Å². The first-order valence-corrected chi connectivity index (χ1v) is 36.1. The van der Waals surface area contributed by atoms with Crippen molar-refractivity contribution >= 4 is 130 Å². The Bertz CT molecular complexity index is 7470. The Morgan fingerprint density at radius 1 is 0.167 bits per heavy atom. The van der Waals surface area contributed by atoms with Crippen molar-refractivity contribution in [2.24, 2.45) is 0 Å². The molecule has 0 aliphatic carbocycles. The number of nitrogens with zero attached hydrogens (tertiary/aromatic N) is 10. The second-order valence-corrected chi connectivity index (χ2v) is 27.5. The molecule has 108 heavy (non-hydrogen) atoms. The van der Waals surface area contributed by atoms with Gasteiger partial charge in [-0.2, -0.15) is 0 Å². The number of hydrogen-bond acceptors (Lipinski definition) is 10. The molecule has 0 atom stereocenters. The highest BCUT2D eigenvalue weighted by atomic mass is 14.8. The molecule has 0 amide bonds. The fraction of sp³-hybridized carbons (Fsp3) is 0. The molecule has 10 heterocycles. The van der Waals surface area contributed by atoms with Crippen molar-refractivity contribution in [3.05, 3.63) is 353 Å². The summed E-state index contributed by atoms with van der Waals surface area (Å²) in [4.78, 5) is 48.5. The summed E-state index contributed by atoms with van der Waals surface area (Å²) in [5.41, 5.74) is 24.3. The average Bonchev–Trinajstić information content (AvgIpc) is 0.764. The number of aromatic nitrogens is 10. The molecule has 0 bridgehead atoms. The number of hydrogen-bond donors (Lipinski definition) is 0. The van der Waals surface area contributed by atoms with Gasteiger partial charge in [-0.3, -0.25) is 19.9 Å². The highest BCUT2D eigenvalue weighted by Crippen LogP contribution is 2.40. The maximum absolute atomic E-state index is 5.18. The first-order chi connectivity index (χ1) is 53.4. The normalized spacial score (nSPS) is 11.7. The average molecular weight is 1380 g/mol. The predicted octanol–water partition coefficient (Wildman–Crippen LogP) is 24.5. The molecular weight excluding hydrogens is 1320 g/mol. The summed E-state index contributed by atoms with van der Waals surface area (Å²) in [5.74, 6) is 0. The molecule has 0 fully saturated rings. The third-order valence-electron chi connectivity index (χ3n) is 21.1. The van der Waals surface area contributed by atoms with E-state index in [1.807, 2.05) is 61.4 Å². The quantitative estimate of drug-likeness (QED) is 0.136. The SMILES string of the molecule is c1cc(-c2ccc3cc(-c4ccc5nc(-c6ccc(-c7ccc8ccc9cccnc9c8n7)c7ccccc67)ccc5c4)ccc3n2)c2cnccc2c1.c1cc(-c2ccc3cc(-c4ccc5nc(-c6ccc7cc(-c8ccc9ccc%10cccnc%10c9n8)ccc7c6)ccc5c4)ccc3n2)c2cnccc2c1. The fourth-order valence-corrected chi connectivity index (χ4v) is 15.6. The van der Waals surface area contributed by atoms with Crippen LogP contribution in [0.15, 0.2) is 353 Å². The molecule has 0 saturated heterocycles. The van der Waals surface area contributed by atoms with Gasteiger partial charge in [0.05, 0.1) is 78.3 Å². The van der Waals surface area contributed by atoms with Crippen LogP contribution in [0.5, 0.6) is 0 Å². The van der Waals surface area contributed by atoms with E-state index in [1.165, 1.54) is 0 Å². The Labute approximate surface area is 618 Å². The standard InChI is InChI=1S/2C49H29N5/c1-3-30-22-24-50-29-42(30)41(5-1)47-21-16-40-28-36(14-19-45(40)53-47)35-13-18-43-39(27-35)15-20-44(52-43)37-10-8-34-26-38(11-9-33(34)25-37)46-17-12-32-7-6-31-4-2-23-51-48(31)49(32)54-46;1-2-8-38-37(7-1)40(17-18-41(38)47-21-12-32-11-10-31-6-4-25-51-48(31)49(32)54-47)46-23-16-36-28-34(14-20-44(36)53-46)33-13-19-43-35(27-33)15-22-45(52-43)39-9-3-5-30-24-26-50-29-42(30)39/h2*1-29H. The van der Waals surface area contributed by atoms with Gasteiger partial charge in [-0.1, -0.05) is 194 Å². The first kappa shape index (κ1) is 61.9. The molecule has 0 N–H and O–H groups in total. The molecule has 0 radical (unpaired) electrons. The van der Waals surface area contributed by atoms with Crippen molar-refractivity contribution in [1.29, 1.82) is 0 Å². The van der Waals surface area contributed by atoms with Gasteiger partial charge >= 0.3 is 0 Å². The Kier molecular flexibility index (Phi) is 14.7. The van der Waals surface area contributed by atoms with Crippen LogP contribution in [0.1, 0.15) is 0 Å². The van der Waals surface area contributed by atoms with Gasteiger partial charge in [0.25, 0.3) is 0 Å². The summed E-state index contributed by atoms with van der Waals surface area (Å²) in [7, 11) is 0. The van der Waals surface area contributed by atoms with Crippen LogP contribution in [0.2, 0.25) is 0 Å². The van der Waals surface area contributed by atoms with E-state index in [0.29, 0.717) is 0 Å². The van der Waals surface area contributed by atoms with Crippen molar-refractivity contribution in [1.82, 2.24) is 49.8 Å². The highest BCUT2D eigenvalue weighted by Gasteiger charge is 2.17. The van der Waals surface area contributed by atoms with Gasteiger partial charge in [-0.05, 0) is 176 Å². The lowest BCUT2D eigenvalue weighted by Gasteiger charge is -2.13. The molecule has 22 rings (SSSR count). The smallest absolute Gasteiger partial charge is 0.0972 e. The number of benzene rings is 12. The number of pyridine rings is 10. The van der Waals surface area contributed by atoms with Gasteiger partial charge in [0.1, 0.15) is 0 Å². The van der Waals surface area contributed by atoms with E-state index in [9.17, 15) is 0 Å². The topological polar surface area (TPSA) is 129 Å². The van der Waals surface area contributed by atoms with Gasteiger partial charge in [0.15, 0.2) is 0 Å². The van der Waals surface area contributed by atoms with Gasteiger partial charge in [-0.15, -0.1) is 0 Å². The van der Waals surface area contributed by atoms with Crippen LogP contribution in [0.25, 0.3) is 220 Å². The molecule has 10 nitrogen and oxygen atoms in total. The fourth-order valence-electron chi connectivity index (χ4n) is 15.6. The third-order valence-corrected chi connectivity index (χ3v) is 21.1. The molecule has 0 spiro atoms. The van der Waals surface area contributed by atoms with Crippen LogP contribution in [-0.4, -0.2) is 49.8 Å². The van der Waals surface area contributed by atoms with Gasteiger partial charge in [0, 0.05) is 124 Å². The minimum Gasteiger partial charge on any atom is -0.264 e.